The third kappa shape index (κ3) is 4.64. The Labute approximate surface area is 184 Å². The molecule has 0 aliphatic carbocycles. The van der Waals surface area contributed by atoms with Crippen LogP contribution in [0.15, 0.2) is 72.8 Å². The van der Waals surface area contributed by atoms with E-state index in [4.69, 9.17) is 9.47 Å². The van der Waals surface area contributed by atoms with Gasteiger partial charge in [-0.25, -0.2) is 4.79 Å². The van der Waals surface area contributed by atoms with Gasteiger partial charge in [0.25, 0.3) is 0 Å². The highest BCUT2D eigenvalue weighted by Gasteiger charge is 2.29. The van der Waals surface area contributed by atoms with E-state index in [1.165, 1.54) is 16.7 Å². The summed E-state index contributed by atoms with van der Waals surface area (Å²) in [5.41, 5.74) is 5.55. The number of rotatable bonds is 6. The van der Waals surface area contributed by atoms with E-state index in [0.717, 1.165) is 24.3 Å². The van der Waals surface area contributed by atoms with Gasteiger partial charge in [-0.1, -0.05) is 54.6 Å². The molecule has 0 N–H and O–H groups in total. The molecule has 1 aliphatic rings. The number of esters is 1. The first kappa shape index (κ1) is 21.1. The summed E-state index contributed by atoms with van der Waals surface area (Å²) >= 11 is 0. The van der Waals surface area contributed by atoms with E-state index in [9.17, 15) is 4.79 Å². The van der Waals surface area contributed by atoms with Crippen LogP contribution < -0.4 is 4.74 Å². The fraction of sp³-hybridized carbons (Fsp3) is 0.296. The largest absolute Gasteiger partial charge is 0.497 e. The van der Waals surface area contributed by atoms with Crippen LogP contribution >= 0.6 is 0 Å². The smallest absolute Gasteiger partial charge is 0.338 e. The van der Waals surface area contributed by atoms with Crippen LogP contribution in [0.1, 0.15) is 52.5 Å². The lowest BCUT2D eigenvalue weighted by Crippen LogP contribution is -2.36. The molecule has 3 aromatic rings. The summed E-state index contributed by atoms with van der Waals surface area (Å²) in [6, 6.07) is 24.8. The van der Waals surface area contributed by atoms with E-state index in [1.807, 2.05) is 50.2 Å². The Balaban J connectivity index is 1.70. The minimum atomic E-state index is -0.260. The van der Waals surface area contributed by atoms with Crippen LogP contribution in [0, 0.1) is 0 Å². The molecule has 3 aromatic carbocycles. The molecule has 31 heavy (non-hydrogen) atoms. The van der Waals surface area contributed by atoms with E-state index < -0.39 is 0 Å². The molecule has 1 unspecified atom stereocenters. The Bertz CT molecular complexity index is 1040. The van der Waals surface area contributed by atoms with E-state index in [1.54, 1.807) is 7.11 Å². The lowest BCUT2D eigenvalue weighted by molar-refractivity contribution is 0.0375. The van der Waals surface area contributed by atoms with Crippen molar-refractivity contribution in [2.24, 2.45) is 0 Å². The van der Waals surface area contributed by atoms with Gasteiger partial charge in [-0.3, -0.25) is 4.90 Å². The van der Waals surface area contributed by atoms with Crippen LogP contribution in [0.3, 0.4) is 0 Å². The van der Waals surface area contributed by atoms with Crippen LogP contribution in [0.4, 0.5) is 0 Å². The van der Waals surface area contributed by atoms with Crippen LogP contribution in [0.2, 0.25) is 0 Å². The molecule has 0 aromatic heterocycles. The fourth-order valence-electron chi connectivity index (χ4n) is 4.32. The second kappa shape index (κ2) is 9.36. The number of carbonyl (C=O) groups excluding carboxylic acids is 1. The zero-order valence-electron chi connectivity index (χ0n) is 18.4. The summed E-state index contributed by atoms with van der Waals surface area (Å²) in [5.74, 6) is 0.588. The molecule has 0 saturated carbocycles. The number of nitrogens with zero attached hydrogens (tertiary/aromatic N) is 1. The van der Waals surface area contributed by atoms with E-state index in [0.29, 0.717) is 12.1 Å². The van der Waals surface area contributed by atoms with E-state index >= 15 is 0 Å². The maximum absolute atomic E-state index is 12.7. The Morgan fingerprint density at radius 1 is 1.00 bits per heavy atom. The summed E-state index contributed by atoms with van der Waals surface area (Å²) in [6.07, 6.45) is 0.844. The summed E-state index contributed by atoms with van der Waals surface area (Å²) in [4.78, 5) is 15.1. The Morgan fingerprint density at radius 2 is 1.71 bits per heavy atom. The average molecular weight is 416 g/mol. The van der Waals surface area contributed by atoms with Crippen LogP contribution in [0.25, 0.3) is 0 Å². The van der Waals surface area contributed by atoms with Crippen LogP contribution in [-0.2, 0) is 17.7 Å². The number of hydrogen-bond donors (Lipinski definition) is 0. The molecule has 0 radical (unpaired) electrons. The van der Waals surface area contributed by atoms with Crippen molar-refractivity contribution in [1.29, 1.82) is 0 Å². The monoisotopic (exact) mass is 415 g/mol. The molecular weight excluding hydrogens is 386 g/mol. The average Bonchev–Trinajstić information content (AvgIpc) is 2.79. The molecule has 0 saturated heterocycles. The van der Waals surface area contributed by atoms with Crippen LogP contribution in [0.5, 0.6) is 5.75 Å². The number of fused-ring (bicyclic) bond motifs is 1. The lowest BCUT2D eigenvalue weighted by atomic mass is 9.87. The van der Waals surface area contributed by atoms with Crippen molar-refractivity contribution in [1.82, 2.24) is 4.90 Å². The molecule has 0 spiro atoms. The summed E-state index contributed by atoms with van der Waals surface area (Å²) in [5, 5.41) is 0. The molecule has 0 bridgehead atoms. The van der Waals surface area contributed by atoms with Gasteiger partial charge in [-0.15, -0.1) is 0 Å². The minimum Gasteiger partial charge on any atom is -0.497 e. The number of benzene rings is 3. The van der Waals surface area contributed by atoms with Gasteiger partial charge in [-0.05, 0) is 60.7 Å². The maximum Gasteiger partial charge on any atom is 0.338 e. The van der Waals surface area contributed by atoms with Crippen LogP contribution in [-0.4, -0.2) is 30.6 Å². The van der Waals surface area contributed by atoms with Crippen molar-refractivity contribution in [2.75, 3.05) is 13.7 Å². The highest BCUT2D eigenvalue weighted by molar-refractivity contribution is 5.91. The van der Waals surface area contributed by atoms with Crippen molar-refractivity contribution in [3.05, 3.63) is 101 Å². The lowest BCUT2D eigenvalue weighted by Gasteiger charge is -2.38. The summed E-state index contributed by atoms with van der Waals surface area (Å²) < 4.78 is 10.8. The molecular formula is C27H29NO3. The molecule has 160 valence electrons. The molecule has 1 atom stereocenters. The maximum atomic E-state index is 12.7. The highest BCUT2D eigenvalue weighted by atomic mass is 16.5. The third-order valence-electron chi connectivity index (χ3n) is 5.77. The van der Waals surface area contributed by atoms with Gasteiger partial charge in [0.2, 0.25) is 0 Å². The number of hydrogen-bond acceptors (Lipinski definition) is 4. The third-order valence-corrected chi connectivity index (χ3v) is 5.77. The highest BCUT2D eigenvalue weighted by Crippen LogP contribution is 2.37. The second-order valence-corrected chi connectivity index (χ2v) is 8.21. The zero-order valence-corrected chi connectivity index (χ0v) is 18.4. The topological polar surface area (TPSA) is 38.8 Å². The number of methoxy groups -OCH3 is 1. The van der Waals surface area contributed by atoms with Crippen molar-refractivity contribution in [2.45, 2.75) is 39.0 Å². The van der Waals surface area contributed by atoms with Gasteiger partial charge in [0, 0.05) is 13.1 Å². The number of carbonyl (C=O) groups is 1. The van der Waals surface area contributed by atoms with Gasteiger partial charge >= 0.3 is 5.97 Å². The zero-order chi connectivity index (χ0) is 21.8. The normalized spacial score (nSPS) is 16.1. The van der Waals surface area contributed by atoms with Gasteiger partial charge in [0.15, 0.2) is 0 Å². The summed E-state index contributed by atoms with van der Waals surface area (Å²) in [7, 11) is 1.68. The van der Waals surface area contributed by atoms with Crippen molar-refractivity contribution in [3.63, 3.8) is 0 Å². The van der Waals surface area contributed by atoms with Gasteiger partial charge in [0.05, 0.1) is 24.8 Å². The SMILES string of the molecule is COc1ccc(C2c3ccccc3CCN2Cc2ccccc2C(=O)OC(C)C)cc1. The van der Waals surface area contributed by atoms with Crippen molar-refractivity contribution < 1.29 is 14.3 Å². The quantitative estimate of drug-likeness (QED) is 0.505. The summed E-state index contributed by atoms with van der Waals surface area (Å²) in [6.45, 7) is 5.35. The predicted molar refractivity (Wildman–Crippen MR) is 122 cm³/mol. The van der Waals surface area contributed by atoms with Gasteiger partial charge in [-0.2, -0.15) is 0 Å². The van der Waals surface area contributed by atoms with E-state index in [-0.39, 0.29) is 18.1 Å². The van der Waals surface area contributed by atoms with Crippen molar-refractivity contribution in [3.8, 4) is 5.75 Å². The van der Waals surface area contributed by atoms with Gasteiger partial charge < -0.3 is 9.47 Å². The molecule has 0 amide bonds. The number of ether oxygens (including phenoxy) is 2. The molecule has 4 heteroatoms. The molecule has 1 heterocycles. The van der Waals surface area contributed by atoms with Crippen molar-refractivity contribution >= 4 is 5.97 Å². The fourth-order valence-corrected chi connectivity index (χ4v) is 4.32. The standard InChI is InChI=1S/C27H29NO3/c1-19(2)31-27(29)25-11-7-5-9-22(25)18-28-17-16-20-8-4-6-10-24(20)26(28)21-12-14-23(30-3)15-13-21/h4-15,19,26H,16-18H2,1-3H3. The Hall–Kier alpha value is -3.11. The Kier molecular flexibility index (Phi) is 6.38. The molecule has 4 nitrogen and oxygen atoms in total. The molecule has 4 rings (SSSR count). The van der Waals surface area contributed by atoms with E-state index in [2.05, 4.69) is 41.3 Å². The predicted octanol–water partition coefficient (Wildman–Crippen LogP) is 5.41. The molecule has 1 aliphatic heterocycles. The first-order chi connectivity index (χ1) is 15.1. The van der Waals surface area contributed by atoms with Gasteiger partial charge in [0.1, 0.15) is 5.75 Å². The minimum absolute atomic E-state index is 0.116. The molecule has 0 fully saturated rings. The first-order valence-corrected chi connectivity index (χ1v) is 10.8. The first-order valence-electron chi connectivity index (χ1n) is 10.8. The second-order valence-electron chi connectivity index (χ2n) is 8.21. The Morgan fingerprint density at radius 3 is 2.45 bits per heavy atom.